The van der Waals surface area contributed by atoms with Crippen molar-refractivity contribution in [1.29, 1.82) is 0 Å². The Balaban J connectivity index is 1.73. The van der Waals surface area contributed by atoms with E-state index in [9.17, 15) is 13.6 Å². The average molecular weight is 475 g/mol. The van der Waals surface area contributed by atoms with E-state index in [0.717, 1.165) is 17.8 Å². The quantitative estimate of drug-likeness (QED) is 0.329. The van der Waals surface area contributed by atoms with Gasteiger partial charge in [-0.3, -0.25) is 9.36 Å². The number of amides is 1. The molecule has 0 spiro atoms. The number of halogens is 2. The summed E-state index contributed by atoms with van der Waals surface area (Å²) in [6.07, 6.45) is 1.24. The second kappa shape index (κ2) is 11.0. The lowest BCUT2D eigenvalue weighted by Gasteiger charge is -2.17. The van der Waals surface area contributed by atoms with Crippen LogP contribution in [0.4, 0.5) is 14.5 Å². The molecule has 2 aromatic carbocycles. The first kappa shape index (κ1) is 24.2. The van der Waals surface area contributed by atoms with Gasteiger partial charge in [-0.15, -0.1) is 16.8 Å². The summed E-state index contributed by atoms with van der Waals surface area (Å²) in [5.41, 5.74) is -0.0950. The molecule has 174 valence electrons. The van der Waals surface area contributed by atoms with Gasteiger partial charge in [-0.05, 0) is 38.1 Å². The number of methoxy groups -OCH3 is 1. The molecule has 3 rings (SSSR count). The van der Waals surface area contributed by atoms with Gasteiger partial charge in [-0.25, -0.2) is 8.78 Å². The molecule has 0 aliphatic heterocycles. The lowest BCUT2D eigenvalue weighted by atomic mass is 10.3. The van der Waals surface area contributed by atoms with Gasteiger partial charge in [-0.1, -0.05) is 23.9 Å². The Morgan fingerprint density at radius 1 is 1.21 bits per heavy atom. The van der Waals surface area contributed by atoms with Crippen molar-refractivity contribution in [1.82, 2.24) is 14.8 Å². The van der Waals surface area contributed by atoms with Crippen molar-refractivity contribution >= 4 is 23.4 Å². The minimum Gasteiger partial charge on any atom is -0.497 e. The number of nitrogens with one attached hydrogen (secondary N) is 1. The van der Waals surface area contributed by atoms with E-state index in [1.807, 2.05) is 25.1 Å². The summed E-state index contributed by atoms with van der Waals surface area (Å²) in [4.78, 5) is 12.6. The van der Waals surface area contributed by atoms with Crippen LogP contribution in [0.2, 0.25) is 0 Å². The summed E-state index contributed by atoms with van der Waals surface area (Å²) >= 11 is 1.15. The largest absolute Gasteiger partial charge is 0.497 e. The van der Waals surface area contributed by atoms with Gasteiger partial charge in [0.25, 0.3) is 0 Å². The molecule has 1 heterocycles. The lowest BCUT2D eigenvalue weighted by molar-refractivity contribution is -0.115. The smallest absolute Gasteiger partial charge is 0.237 e. The Morgan fingerprint density at radius 3 is 2.67 bits per heavy atom. The summed E-state index contributed by atoms with van der Waals surface area (Å²) in [6.45, 7) is 7.67. The number of anilines is 1. The number of aromatic nitrogens is 3. The zero-order valence-corrected chi connectivity index (χ0v) is 19.2. The van der Waals surface area contributed by atoms with E-state index in [1.165, 1.54) is 6.07 Å². The Bertz CT molecular complexity index is 1140. The average Bonchev–Trinajstić information content (AvgIpc) is 3.18. The van der Waals surface area contributed by atoms with Crippen molar-refractivity contribution in [3.8, 4) is 11.5 Å². The molecule has 10 heteroatoms. The minimum atomic E-state index is -0.846. The van der Waals surface area contributed by atoms with E-state index in [1.54, 1.807) is 30.7 Å². The van der Waals surface area contributed by atoms with Crippen LogP contribution in [0.1, 0.15) is 25.8 Å². The Hall–Kier alpha value is -3.40. The van der Waals surface area contributed by atoms with Crippen LogP contribution in [0, 0.1) is 11.6 Å². The number of ether oxygens (including phenoxy) is 2. The zero-order chi connectivity index (χ0) is 24.0. The number of hydrogen-bond acceptors (Lipinski definition) is 6. The summed E-state index contributed by atoms with van der Waals surface area (Å²) < 4.78 is 40.0. The molecule has 0 radical (unpaired) electrons. The van der Waals surface area contributed by atoms with Gasteiger partial charge in [0, 0.05) is 18.7 Å². The van der Waals surface area contributed by atoms with Crippen LogP contribution in [-0.4, -0.2) is 33.0 Å². The van der Waals surface area contributed by atoms with E-state index in [0.29, 0.717) is 35.1 Å². The van der Waals surface area contributed by atoms with Crippen LogP contribution < -0.4 is 14.8 Å². The van der Waals surface area contributed by atoms with Crippen LogP contribution in [-0.2, 0) is 11.3 Å². The Morgan fingerprint density at radius 2 is 1.97 bits per heavy atom. The van der Waals surface area contributed by atoms with Crippen LogP contribution in [0.5, 0.6) is 11.5 Å². The van der Waals surface area contributed by atoms with E-state index in [2.05, 4.69) is 22.1 Å². The maximum atomic E-state index is 13.9. The zero-order valence-electron chi connectivity index (χ0n) is 18.4. The number of carbonyl (C=O) groups is 1. The highest BCUT2D eigenvalue weighted by atomic mass is 32.2. The molecule has 0 saturated heterocycles. The number of nitrogens with zero attached hydrogens (tertiary/aromatic N) is 3. The van der Waals surface area contributed by atoms with Crippen LogP contribution in [0.3, 0.4) is 0 Å². The SMILES string of the molecule is C=CCn1c(SC(C)C(=O)Nc2ccc(F)cc2F)nnc1C(C)Oc1cccc(OC)c1. The molecule has 3 aromatic rings. The summed E-state index contributed by atoms with van der Waals surface area (Å²) in [7, 11) is 1.58. The number of rotatable bonds is 10. The molecule has 0 fully saturated rings. The third-order valence-electron chi connectivity index (χ3n) is 4.62. The van der Waals surface area contributed by atoms with Crippen molar-refractivity contribution in [2.24, 2.45) is 0 Å². The highest BCUT2D eigenvalue weighted by Gasteiger charge is 2.23. The first-order valence-corrected chi connectivity index (χ1v) is 11.0. The predicted molar refractivity (Wildman–Crippen MR) is 123 cm³/mol. The fraction of sp³-hybridized carbons (Fsp3) is 0.261. The van der Waals surface area contributed by atoms with Crippen molar-refractivity contribution in [2.75, 3.05) is 12.4 Å². The van der Waals surface area contributed by atoms with E-state index >= 15 is 0 Å². The fourth-order valence-corrected chi connectivity index (χ4v) is 3.82. The van der Waals surface area contributed by atoms with E-state index in [4.69, 9.17) is 9.47 Å². The topological polar surface area (TPSA) is 78.3 Å². The number of hydrogen-bond donors (Lipinski definition) is 1. The highest BCUT2D eigenvalue weighted by molar-refractivity contribution is 8.00. The van der Waals surface area contributed by atoms with Crippen molar-refractivity contribution in [3.05, 3.63) is 72.6 Å². The molecule has 0 bridgehead atoms. The minimum absolute atomic E-state index is 0.0950. The molecule has 33 heavy (non-hydrogen) atoms. The molecule has 1 amide bonds. The fourth-order valence-electron chi connectivity index (χ4n) is 2.96. The molecule has 0 saturated carbocycles. The standard InChI is InChI=1S/C23H24F2N4O3S/c1-5-11-29-21(14(2)32-18-8-6-7-17(13-18)31-4)27-28-23(29)33-15(3)22(30)26-20-10-9-16(24)12-19(20)25/h5-10,12-15H,1,11H2,2-4H3,(H,26,30). The molecule has 7 nitrogen and oxygen atoms in total. The van der Waals surface area contributed by atoms with Crippen molar-refractivity contribution in [2.45, 2.75) is 36.9 Å². The van der Waals surface area contributed by atoms with Crippen LogP contribution in [0.15, 0.2) is 60.3 Å². The number of thioether (sulfide) groups is 1. The van der Waals surface area contributed by atoms with Gasteiger partial charge in [0.15, 0.2) is 17.1 Å². The van der Waals surface area contributed by atoms with Crippen molar-refractivity contribution < 1.29 is 23.0 Å². The van der Waals surface area contributed by atoms with Gasteiger partial charge < -0.3 is 14.8 Å². The summed E-state index contributed by atoms with van der Waals surface area (Å²) in [6, 6.07) is 10.2. The summed E-state index contributed by atoms with van der Waals surface area (Å²) in [5.74, 6) is -0.193. The number of benzene rings is 2. The monoisotopic (exact) mass is 474 g/mol. The summed E-state index contributed by atoms with van der Waals surface area (Å²) in [5, 5.41) is 10.8. The Labute approximate surface area is 194 Å². The first-order valence-electron chi connectivity index (χ1n) is 10.1. The maximum absolute atomic E-state index is 13.9. The molecule has 1 N–H and O–H groups in total. The second-order valence-corrected chi connectivity index (χ2v) is 8.36. The van der Waals surface area contributed by atoms with Crippen molar-refractivity contribution in [3.63, 3.8) is 0 Å². The third kappa shape index (κ3) is 6.10. The molecule has 0 aliphatic carbocycles. The van der Waals surface area contributed by atoms with E-state index in [-0.39, 0.29) is 5.69 Å². The molecule has 0 aliphatic rings. The molecular weight excluding hydrogens is 450 g/mol. The molecule has 2 atom stereocenters. The van der Waals surface area contributed by atoms with Gasteiger partial charge in [0.2, 0.25) is 5.91 Å². The lowest BCUT2D eigenvalue weighted by Crippen LogP contribution is -2.23. The number of allylic oxidation sites excluding steroid dienone is 1. The van der Waals surface area contributed by atoms with Gasteiger partial charge >= 0.3 is 0 Å². The third-order valence-corrected chi connectivity index (χ3v) is 5.70. The maximum Gasteiger partial charge on any atom is 0.237 e. The van der Waals surface area contributed by atoms with Crippen LogP contribution in [0.25, 0.3) is 0 Å². The highest BCUT2D eigenvalue weighted by Crippen LogP contribution is 2.29. The Kier molecular flexibility index (Phi) is 8.05. The predicted octanol–water partition coefficient (Wildman–Crippen LogP) is 5.01. The molecular formula is C23H24F2N4O3S. The van der Waals surface area contributed by atoms with Gasteiger partial charge in [0.1, 0.15) is 23.1 Å². The molecule has 1 aromatic heterocycles. The second-order valence-electron chi connectivity index (χ2n) is 7.05. The first-order chi connectivity index (χ1) is 15.8. The normalized spacial score (nSPS) is 12.6. The van der Waals surface area contributed by atoms with Crippen LogP contribution >= 0.6 is 11.8 Å². The van der Waals surface area contributed by atoms with E-state index < -0.39 is 28.9 Å². The van der Waals surface area contributed by atoms with Gasteiger partial charge in [-0.2, -0.15) is 0 Å². The van der Waals surface area contributed by atoms with Gasteiger partial charge in [0.05, 0.1) is 18.0 Å². The number of carbonyl (C=O) groups excluding carboxylic acids is 1. The molecule has 2 unspecified atom stereocenters.